The summed E-state index contributed by atoms with van der Waals surface area (Å²) in [5.74, 6) is -0.224. The van der Waals surface area contributed by atoms with Gasteiger partial charge in [-0.3, -0.25) is 4.79 Å². The summed E-state index contributed by atoms with van der Waals surface area (Å²) in [6.45, 7) is 2.19. The van der Waals surface area contributed by atoms with Crippen LogP contribution < -0.4 is 11.1 Å². The second-order valence-electron chi connectivity index (χ2n) is 4.80. The third-order valence-corrected chi connectivity index (χ3v) is 3.25. The molecule has 0 radical (unpaired) electrons. The zero-order valence-electron chi connectivity index (χ0n) is 11.1. The van der Waals surface area contributed by atoms with E-state index in [1.165, 1.54) is 6.92 Å². The molecule has 3 N–H and O–H groups in total. The first kappa shape index (κ1) is 13.6. The van der Waals surface area contributed by atoms with Crippen molar-refractivity contribution in [1.29, 1.82) is 0 Å². The van der Waals surface area contributed by atoms with Gasteiger partial charge in [0.15, 0.2) is 0 Å². The Morgan fingerprint density at radius 2 is 2.16 bits per heavy atom. The molecule has 1 aromatic carbocycles. The van der Waals surface area contributed by atoms with Gasteiger partial charge in [0, 0.05) is 25.2 Å². The van der Waals surface area contributed by atoms with Gasteiger partial charge in [-0.1, -0.05) is 24.3 Å². The van der Waals surface area contributed by atoms with E-state index in [-0.39, 0.29) is 12.1 Å². The van der Waals surface area contributed by atoms with Crippen LogP contribution in [0, 0.1) is 0 Å². The maximum Gasteiger partial charge on any atom is 0.303 e. The van der Waals surface area contributed by atoms with Crippen LogP contribution in [0.25, 0.3) is 0 Å². The number of carbonyl (C=O) groups is 1. The first-order valence-corrected chi connectivity index (χ1v) is 6.57. The van der Waals surface area contributed by atoms with E-state index in [2.05, 4.69) is 11.4 Å². The van der Waals surface area contributed by atoms with Gasteiger partial charge in [0.05, 0.1) is 0 Å². The maximum absolute atomic E-state index is 10.9. The van der Waals surface area contributed by atoms with Crippen LogP contribution in [-0.4, -0.2) is 18.1 Å². The third kappa shape index (κ3) is 4.10. The predicted octanol–water partition coefficient (Wildman–Crippen LogP) is 2.01. The Labute approximate surface area is 113 Å². The van der Waals surface area contributed by atoms with Crippen molar-refractivity contribution in [2.45, 2.75) is 38.5 Å². The lowest BCUT2D eigenvalue weighted by Gasteiger charge is -2.23. The van der Waals surface area contributed by atoms with Crippen molar-refractivity contribution >= 4 is 11.7 Å². The molecule has 0 aliphatic heterocycles. The Morgan fingerprint density at radius 3 is 2.79 bits per heavy atom. The number of nitrogens with one attached hydrogen (secondary N) is 1. The number of esters is 1. The first-order valence-electron chi connectivity index (χ1n) is 6.57. The smallest absolute Gasteiger partial charge is 0.303 e. The number of hydrogen-bond donors (Lipinski definition) is 2. The number of hydrogen-bond acceptors (Lipinski definition) is 4. The maximum atomic E-state index is 10.9. The fourth-order valence-electron chi connectivity index (χ4n) is 2.21. The molecule has 2 atom stereocenters. The summed E-state index contributed by atoms with van der Waals surface area (Å²) < 4.78 is 5.15. The lowest BCUT2D eigenvalue weighted by atomic mass is 10.00. The van der Waals surface area contributed by atoms with Crippen LogP contribution in [0.1, 0.15) is 25.3 Å². The highest BCUT2D eigenvalue weighted by Crippen LogP contribution is 2.16. The number of benzene rings is 1. The van der Waals surface area contributed by atoms with Gasteiger partial charge < -0.3 is 15.8 Å². The highest BCUT2D eigenvalue weighted by atomic mass is 16.5. The second kappa shape index (κ2) is 6.38. The van der Waals surface area contributed by atoms with Crippen molar-refractivity contribution < 1.29 is 9.53 Å². The van der Waals surface area contributed by atoms with Crippen LogP contribution in [-0.2, 0) is 16.1 Å². The highest BCUT2D eigenvalue weighted by Gasteiger charge is 2.17. The number of anilines is 1. The molecule has 1 aliphatic rings. The lowest BCUT2D eigenvalue weighted by Crippen LogP contribution is -2.31. The molecule has 0 spiro atoms. The molecule has 0 saturated heterocycles. The number of carbonyl (C=O) groups excluding carboxylic acids is 1. The zero-order valence-corrected chi connectivity index (χ0v) is 11.1. The van der Waals surface area contributed by atoms with Crippen LogP contribution in [0.2, 0.25) is 0 Å². The van der Waals surface area contributed by atoms with E-state index in [0.717, 1.165) is 30.6 Å². The first-order chi connectivity index (χ1) is 9.15. The molecule has 0 heterocycles. The molecule has 2 rings (SSSR count). The van der Waals surface area contributed by atoms with E-state index in [0.29, 0.717) is 6.04 Å². The average molecular weight is 260 g/mol. The predicted molar refractivity (Wildman–Crippen MR) is 75.4 cm³/mol. The van der Waals surface area contributed by atoms with Gasteiger partial charge in [0.1, 0.15) is 6.10 Å². The molecular formula is C15H20N2O2. The van der Waals surface area contributed by atoms with E-state index < -0.39 is 0 Å². The summed E-state index contributed by atoms with van der Waals surface area (Å²) in [4.78, 5) is 10.9. The third-order valence-electron chi connectivity index (χ3n) is 3.25. The van der Waals surface area contributed by atoms with Gasteiger partial charge in [-0.05, 0) is 30.5 Å². The summed E-state index contributed by atoms with van der Waals surface area (Å²) in [7, 11) is 0. The van der Waals surface area contributed by atoms with E-state index in [9.17, 15) is 4.79 Å². The Bertz CT molecular complexity index is 471. The molecule has 0 fully saturated rings. The van der Waals surface area contributed by atoms with Crippen molar-refractivity contribution in [3.63, 3.8) is 0 Å². The molecule has 4 nitrogen and oxygen atoms in total. The number of para-hydroxylation sites is 1. The summed E-state index contributed by atoms with van der Waals surface area (Å²) >= 11 is 0. The Kier molecular flexibility index (Phi) is 4.58. The largest absolute Gasteiger partial charge is 0.458 e. The zero-order chi connectivity index (χ0) is 13.7. The minimum atomic E-state index is -0.224. The van der Waals surface area contributed by atoms with Gasteiger partial charge in [-0.15, -0.1) is 0 Å². The van der Waals surface area contributed by atoms with Crippen LogP contribution in [0.15, 0.2) is 36.4 Å². The lowest BCUT2D eigenvalue weighted by molar-refractivity contribution is -0.144. The monoisotopic (exact) mass is 260 g/mol. The van der Waals surface area contributed by atoms with Crippen LogP contribution in [0.4, 0.5) is 5.69 Å². The van der Waals surface area contributed by atoms with Crippen molar-refractivity contribution in [2.24, 2.45) is 0 Å². The molecular weight excluding hydrogens is 240 g/mol. The Hall–Kier alpha value is -1.81. The molecule has 0 saturated carbocycles. The number of rotatable bonds is 4. The second-order valence-corrected chi connectivity index (χ2v) is 4.80. The molecule has 19 heavy (non-hydrogen) atoms. The van der Waals surface area contributed by atoms with Gasteiger partial charge in [-0.2, -0.15) is 0 Å². The van der Waals surface area contributed by atoms with Crippen molar-refractivity contribution in [1.82, 2.24) is 5.32 Å². The van der Waals surface area contributed by atoms with E-state index in [1.54, 1.807) is 0 Å². The standard InChI is InChI=1S/C15H20N2O2/c1-11(18)19-14-8-6-13(7-9-14)17-10-12-4-2-3-5-15(12)16/h2-6,8,13-14,17H,7,9-10,16H2,1H3/t13-,14+/m0/s1. The van der Waals surface area contributed by atoms with E-state index >= 15 is 0 Å². The van der Waals surface area contributed by atoms with Gasteiger partial charge in [0.25, 0.3) is 0 Å². The van der Waals surface area contributed by atoms with Gasteiger partial charge >= 0.3 is 5.97 Å². The minimum Gasteiger partial charge on any atom is -0.458 e. The summed E-state index contributed by atoms with van der Waals surface area (Å²) in [6.07, 6.45) is 5.77. The molecule has 1 aliphatic carbocycles. The summed E-state index contributed by atoms with van der Waals surface area (Å²) in [5.41, 5.74) is 7.82. The topological polar surface area (TPSA) is 64.3 Å². The van der Waals surface area contributed by atoms with E-state index in [4.69, 9.17) is 10.5 Å². The molecule has 0 bridgehead atoms. The summed E-state index contributed by atoms with van der Waals surface area (Å²) in [6, 6.07) is 8.16. The summed E-state index contributed by atoms with van der Waals surface area (Å²) in [5, 5.41) is 3.45. The number of nitrogen functional groups attached to an aromatic ring is 1. The quantitative estimate of drug-likeness (QED) is 0.494. The van der Waals surface area contributed by atoms with E-state index in [1.807, 2.05) is 30.3 Å². The molecule has 4 heteroatoms. The fraction of sp³-hybridized carbons (Fsp3) is 0.400. The normalized spacial score (nSPS) is 22.2. The SMILES string of the molecule is CC(=O)O[C@@H]1C=C[C@H](NCc2ccccc2N)CC1. The fourth-order valence-corrected chi connectivity index (χ4v) is 2.21. The Morgan fingerprint density at radius 1 is 1.37 bits per heavy atom. The van der Waals surface area contributed by atoms with Gasteiger partial charge in [0.2, 0.25) is 0 Å². The number of ether oxygens (including phenoxy) is 1. The Balaban J connectivity index is 1.82. The van der Waals surface area contributed by atoms with Crippen molar-refractivity contribution in [3.8, 4) is 0 Å². The van der Waals surface area contributed by atoms with Crippen LogP contribution in [0.5, 0.6) is 0 Å². The average Bonchev–Trinajstić information content (AvgIpc) is 2.39. The van der Waals surface area contributed by atoms with Gasteiger partial charge in [-0.25, -0.2) is 0 Å². The van der Waals surface area contributed by atoms with Crippen molar-refractivity contribution in [2.75, 3.05) is 5.73 Å². The van der Waals surface area contributed by atoms with Crippen LogP contribution >= 0.6 is 0 Å². The molecule has 0 unspecified atom stereocenters. The van der Waals surface area contributed by atoms with Crippen molar-refractivity contribution in [3.05, 3.63) is 42.0 Å². The molecule has 0 amide bonds. The molecule has 1 aromatic rings. The molecule has 0 aromatic heterocycles. The minimum absolute atomic E-state index is 0.0719. The molecule has 102 valence electrons. The number of nitrogens with two attached hydrogens (primary N) is 1. The van der Waals surface area contributed by atoms with Crippen LogP contribution in [0.3, 0.4) is 0 Å². The highest BCUT2D eigenvalue weighted by molar-refractivity contribution is 5.66.